The summed E-state index contributed by atoms with van der Waals surface area (Å²) in [4.78, 5) is 2.04. The second-order valence-corrected chi connectivity index (χ2v) is 5.31. The Morgan fingerprint density at radius 1 is 1.10 bits per heavy atom. The molecule has 0 saturated heterocycles. The number of nitrogens with zero attached hydrogens (tertiary/aromatic N) is 1. The van der Waals surface area contributed by atoms with Gasteiger partial charge in [-0.3, -0.25) is 0 Å². The summed E-state index contributed by atoms with van der Waals surface area (Å²) < 4.78 is 5.65. The van der Waals surface area contributed by atoms with Crippen LogP contribution in [0.4, 0.5) is 11.4 Å². The quantitative estimate of drug-likeness (QED) is 0.845. The molecule has 0 aliphatic carbocycles. The van der Waals surface area contributed by atoms with Crippen LogP contribution in [-0.2, 0) is 0 Å². The average molecular weight is 311 g/mol. The van der Waals surface area contributed by atoms with Crippen LogP contribution in [-0.4, -0.2) is 20.2 Å². The van der Waals surface area contributed by atoms with E-state index in [2.05, 4.69) is 0 Å². The minimum atomic E-state index is 0.515. The van der Waals surface area contributed by atoms with E-state index in [1.807, 2.05) is 36.2 Å². The van der Waals surface area contributed by atoms with Gasteiger partial charge in [-0.1, -0.05) is 35.3 Å². The maximum Gasteiger partial charge on any atom is 0.122 e. The first-order valence-electron chi connectivity index (χ1n) is 6.21. The second-order valence-electron chi connectivity index (χ2n) is 4.43. The van der Waals surface area contributed by atoms with Gasteiger partial charge in [-0.15, -0.1) is 0 Å². The fourth-order valence-electron chi connectivity index (χ4n) is 1.87. The monoisotopic (exact) mass is 310 g/mol. The van der Waals surface area contributed by atoms with Gasteiger partial charge in [0.25, 0.3) is 0 Å². The molecule has 2 aromatic rings. The van der Waals surface area contributed by atoms with E-state index in [9.17, 15) is 0 Å². The number of anilines is 2. The van der Waals surface area contributed by atoms with Crippen molar-refractivity contribution in [2.24, 2.45) is 0 Å². The summed E-state index contributed by atoms with van der Waals surface area (Å²) in [6.07, 6.45) is 0. The molecule has 2 aromatic carbocycles. The normalized spacial score (nSPS) is 10.3. The molecule has 0 bridgehead atoms. The van der Waals surface area contributed by atoms with Crippen LogP contribution in [0.15, 0.2) is 42.5 Å². The zero-order chi connectivity index (χ0) is 14.5. The van der Waals surface area contributed by atoms with E-state index in [0.717, 1.165) is 11.4 Å². The largest absolute Gasteiger partial charge is 0.492 e. The van der Waals surface area contributed by atoms with Crippen molar-refractivity contribution in [3.8, 4) is 5.75 Å². The lowest BCUT2D eigenvalue weighted by Gasteiger charge is -2.21. The van der Waals surface area contributed by atoms with E-state index in [4.69, 9.17) is 33.7 Å². The van der Waals surface area contributed by atoms with Crippen molar-refractivity contribution >= 4 is 34.6 Å². The minimum Gasteiger partial charge on any atom is -0.492 e. The van der Waals surface area contributed by atoms with Crippen molar-refractivity contribution in [2.45, 2.75) is 0 Å². The summed E-state index contributed by atoms with van der Waals surface area (Å²) in [6, 6.07) is 12.9. The van der Waals surface area contributed by atoms with Crippen molar-refractivity contribution < 1.29 is 4.74 Å². The third-order valence-electron chi connectivity index (χ3n) is 2.88. The minimum absolute atomic E-state index is 0.515. The van der Waals surface area contributed by atoms with Crippen LogP contribution in [0.25, 0.3) is 0 Å². The zero-order valence-electron chi connectivity index (χ0n) is 11.1. The first-order chi connectivity index (χ1) is 9.56. The predicted octanol–water partition coefficient (Wildman–Crippen LogP) is 4.09. The Morgan fingerprint density at radius 2 is 1.75 bits per heavy atom. The van der Waals surface area contributed by atoms with Crippen LogP contribution in [0.1, 0.15) is 0 Å². The first-order valence-corrected chi connectivity index (χ1v) is 6.96. The van der Waals surface area contributed by atoms with Gasteiger partial charge in [0.1, 0.15) is 12.4 Å². The Bertz CT molecular complexity index is 570. The molecule has 0 atom stereocenters. The van der Waals surface area contributed by atoms with E-state index in [1.165, 1.54) is 0 Å². The van der Waals surface area contributed by atoms with Gasteiger partial charge in [-0.25, -0.2) is 0 Å². The lowest BCUT2D eigenvalue weighted by atomic mass is 10.2. The number of benzene rings is 2. The van der Waals surface area contributed by atoms with Gasteiger partial charge in [0.15, 0.2) is 0 Å². The van der Waals surface area contributed by atoms with E-state index < -0.39 is 0 Å². The Morgan fingerprint density at radius 3 is 2.40 bits per heavy atom. The number of rotatable bonds is 5. The molecule has 0 saturated carbocycles. The maximum atomic E-state index is 5.93. The molecule has 0 aromatic heterocycles. The Balaban J connectivity index is 1.91. The molecule has 3 nitrogen and oxygen atoms in total. The summed E-state index contributed by atoms with van der Waals surface area (Å²) in [5.74, 6) is 0.664. The van der Waals surface area contributed by atoms with Gasteiger partial charge in [-0.2, -0.15) is 0 Å². The van der Waals surface area contributed by atoms with Crippen LogP contribution in [0, 0.1) is 0 Å². The molecular formula is C15H16Cl2N2O. The molecule has 106 valence electrons. The third kappa shape index (κ3) is 3.95. The molecule has 2 N–H and O–H groups in total. The van der Waals surface area contributed by atoms with Crippen LogP contribution in [0.5, 0.6) is 5.75 Å². The number of ether oxygens (including phenoxy) is 1. The zero-order valence-corrected chi connectivity index (χ0v) is 12.7. The van der Waals surface area contributed by atoms with Crippen molar-refractivity contribution in [3.05, 3.63) is 52.5 Å². The number of hydrogen-bond acceptors (Lipinski definition) is 3. The van der Waals surface area contributed by atoms with Gasteiger partial charge in [0.05, 0.1) is 17.9 Å². The standard InChI is InChI=1S/C15H16Cl2N2O/c1-19(15-5-3-2-4-14(15)18)6-7-20-13-9-11(16)8-12(17)10-13/h2-5,8-10H,6-7,18H2,1H3. The smallest absolute Gasteiger partial charge is 0.122 e. The van der Waals surface area contributed by atoms with Crippen LogP contribution in [0.3, 0.4) is 0 Å². The van der Waals surface area contributed by atoms with E-state index >= 15 is 0 Å². The molecule has 5 heteroatoms. The summed E-state index contributed by atoms with van der Waals surface area (Å²) in [5, 5.41) is 1.13. The Kier molecular flexibility index (Phi) is 4.99. The molecule has 0 spiro atoms. The summed E-state index contributed by atoms with van der Waals surface area (Å²) in [6.45, 7) is 1.22. The van der Waals surface area contributed by atoms with Crippen LogP contribution in [0.2, 0.25) is 10.0 Å². The van der Waals surface area contributed by atoms with Gasteiger partial charge in [0.2, 0.25) is 0 Å². The molecule has 0 aliphatic rings. The molecule has 20 heavy (non-hydrogen) atoms. The number of nitrogen functional groups attached to an aromatic ring is 1. The topological polar surface area (TPSA) is 38.5 Å². The highest BCUT2D eigenvalue weighted by atomic mass is 35.5. The van der Waals surface area contributed by atoms with Gasteiger partial charge >= 0.3 is 0 Å². The number of nitrogens with two attached hydrogens (primary N) is 1. The molecule has 2 rings (SSSR count). The lowest BCUT2D eigenvalue weighted by Crippen LogP contribution is -2.24. The molecule has 0 unspecified atom stereocenters. The molecule has 0 fully saturated rings. The second kappa shape index (κ2) is 6.73. The summed E-state index contributed by atoms with van der Waals surface area (Å²) >= 11 is 11.8. The van der Waals surface area contributed by atoms with Crippen LogP contribution >= 0.6 is 23.2 Å². The van der Waals surface area contributed by atoms with E-state index in [-0.39, 0.29) is 0 Å². The van der Waals surface area contributed by atoms with Crippen molar-refractivity contribution in [1.29, 1.82) is 0 Å². The van der Waals surface area contributed by atoms with Gasteiger partial charge < -0.3 is 15.4 Å². The maximum absolute atomic E-state index is 5.93. The highest BCUT2D eigenvalue weighted by Gasteiger charge is 2.05. The lowest BCUT2D eigenvalue weighted by molar-refractivity contribution is 0.326. The predicted molar refractivity (Wildman–Crippen MR) is 86.1 cm³/mol. The van der Waals surface area contributed by atoms with Crippen molar-refractivity contribution in [2.75, 3.05) is 30.8 Å². The molecular weight excluding hydrogens is 295 g/mol. The SMILES string of the molecule is CN(CCOc1cc(Cl)cc(Cl)c1)c1ccccc1N. The number of para-hydroxylation sites is 2. The molecule has 0 amide bonds. The van der Waals surface area contributed by atoms with E-state index in [1.54, 1.807) is 18.2 Å². The number of likely N-dealkylation sites (N-methyl/N-ethyl adjacent to an activating group) is 1. The van der Waals surface area contributed by atoms with Gasteiger partial charge in [0, 0.05) is 17.1 Å². The number of hydrogen-bond donors (Lipinski definition) is 1. The summed E-state index contributed by atoms with van der Waals surface area (Å²) in [7, 11) is 1.97. The highest BCUT2D eigenvalue weighted by molar-refractivity contribution is 6.34. The molecule has 0 heterocycles. The fraction of sp³-hybridized carbons (Fsp3) is 0.200. The van der Waals surface area contributed by atoms with Crippen LogP contribution < -0.4 is 15.4 Å². The third-order valence-corrected chi connectivity index (χ3v) is 3.32. The first kappa shape index (κ1) is 14.8. The molecule has 0 aliphatic heterocycles. The van der Waals surface area contributed by atoms with Crippen molar-refractivity contribution in [3.63, 3.8) is 0 Å². The van der Waals surface area contributed by atoms with Crippen molar-refractivity contribution in [1.82, 2.24) is 0 Å². The van der Waals surface area contributed by atoms with E-state index in [0.29, 0.717) is 28.9 Å². The molecule has 0 radical (unpaired) electrons. The van der Waals surface area contributed by atoms with Gasteiger partial charge in [-0.05, 0) is 30.3 Å². The Hall–Kier alpha value is -1.58. The highest BCUT2D eigenvalue weighted by Crippen LogP contribution is 2.24. The Labute approximate surface area is 128 Å². The average Bonchev–Trinajstić information content (AvgIpc) is 2.38. The number of halogens is 2. The fourth-order valence-corrected chi connectivity index (χ4v) is 2.37. The summed E-state index contributed by atoms with van der Waals surface area (Å²) in [5.41, 5.74) is 7.66.